The standard InChI is InChI=1S/C27H26FNO4.C25H29BO6.C25H22FNO4.C8H9ClFN.2CH4.ClH.Li.H2O/c1-3-31-25(30)15-19-7-4-5-10-24(19)33-16-18-13-20-11-12-32-27(20)23(14-18)22-9-6-8-21(17(2)29)26(22)28;1-6-28-22(27)15-18-9-7-8-10-21(18)30-16-17-13-19-11-12-29-23(19)20(14-17)26-31-24(2,3)25(4,5)32-26;1-15(27)19-6-4-7-20(24(19)26)21-12-16(11-18-9-10-30-25(18)21)14-31-22-8-3-2-5-17(22)13-23(28)29;1-5(11)6-3-2-4-7(9)8(6)10;;;;;/h4-14,17H,3,15-16,29H2,1-2H3;7-14H,6,15-16H2,1-5H3;2-12,15H,13-14,27H2,1H3,(H,28,29);2-5H,11H2,1H3;2*1H4;1H;;1H2/q;;;;;;;+1;/p-1/t17-;;15-;5-;;;;;/m1.11...../s1. The van der Waals surface area contributed by atoms with Gasteiger partial charge >= 0.3 is 43.9 Å². The maximum Gasteiger partial charge on any atom is 1.00 e. The van der Waals surface area contributed by atoms with Gasteiger partial charge in [0.2, 0.25) is 0 Å². The maximum atomic E-state index is 15.3. The van der Waals surface area contributed by atoms with Crippen LogP contribution in [0.1, 0.15) is 145 Å². The maximum absolute atomic E-state index is 15.3. The van der Waals surface area contributed by atoms with Gasteiger partial charge in [-0.05, 0) is 152 Å². The third kappa shape index (κ3) is 23.0. The number of hydrogen-bond donors (Lipinski definition) is 4. The Kier molecular flexibility index (Phi) is 35.0. The first kappa shape index (κ1) is 92.8. The fourth-order valence-electron chi connectivity index (χ4n) is 12.1. The number of hydrogen-bond acceptors (Lipinski definition) is 17. The van der Waals surface area contributed by atoms with Crippen LogP contribution >= 0.6 is 24.0 Å². The second-order valence-corrected chi connectivity index (χ2v) is 27.1. The number of para-hydroxylation sites is 3. The number of furan rings is 3. The minimum Gasteiger partial charge on any atom is -0.870 e. The summed E-state index contributed by atoms with van der Waals surface area (Å²) in [4.78, 5) is 35.0. The topological polar surface area (TPSA) is 284 Å². The number of carbonyl (C=O) groups excluding carboxylic acids is 2. The molecule has 1 saturated heterocycles. The van der Waals surface area contributed by atoms with Gasteiger partial charge in [0.15, 0.2) is 0 Å². The molecule has 0 saturated carbocycles. The molecule has 112 heavy (non-hydrogen) atoms. The van der Waals surface area contributed by atoms with E-state index in [1.165, 1.54) is 6.07 Å². The molecule has 18 nitrogen and oxygen atoms in total. The number of esters is 2. The minimum absolute atomic E-state index is 0. The van der Waals surface area contributed by atoms with Crippen molar-refractivity contribution in [3.63, 3.8) is 0 Å². The van der Waals surface area contributed by atoms with Crippen LogP contribution in [0.2, 0.25) is 5.02 Å². The normalized spacial score (nSPS) is 13.0. The van der Waals surface area contributed by atoms with Crippen LogP contribution < -0.4 is 55.7 Å². The molecule has 0 bridgehead atoms. The fourth-order valence-corrected chi connectivity index (χ4v) is 12.3. The zero-order chi connectivity index (χ0) is 76.7. The molecule has 3 aromatic heterocycles. The minimum atomic E-state index is -0.928. The fraction of sp³-hybridized carbons (Fsp3) is 0.276. The Morgan fingerprint density at radius 2 is 0.812 bits per heavy atom. The number of carbonyl (C=O) groups is 3. The average Bonchev–Trinajstić information content (AvgIpc) is 1.58. The molecule has 588 valence electrons. The number of aliphatic carboxylic acids is 1. The van der Waals surface area contributed by atoms with Crippen molar-refractivity contribution in [2.24, 2.45) is 17.2 Å². The summed E-state index contributed by atoms with van der Waals surface area (Å²) in [6.07, 6.45) is 4.99. The van der Waals surface area contributed by atoms with Gasteiger partial charge in [-0.1, -0.05) is 136 Å². The molecule has 13 rings (SSSR count). The van der Waals surface area contributed by atoms with Crippen molar-refractivity contribution in [2.75, 3.05) is 13.2 Å². The van der Waals surface area contributed by atoms with Crippen molar-refractivity contribution < 1.29 is 103 Å². The largest absolute Gasteiger partial charge is 1.00 e. The summed E-state index contributed by atoms with van der Waals surface area (Å²) in [6, 6.07) is 53.0. The van der Waals surface area contributed by atoms with Crippen molar-refractivity contribution in [3.8, 4) is 39.5 Å². The van der Waals surface area contributed by atoms with Crippen LogP contribution in [0.3, 0.4) is 0 Å². The van der Waals surface area contributed by atoms with E-state index in [-0.39, 0.29) is 119 Å². The van der Waals surface area contributed by atoms with Crippen LogP contribution in [0.4, 0.5) is 13.2 Å². The summed E-state index contributed by atoms with van der Waals surface area (Å²) in [6.45, 7) is 18.3. The Morgan fingerprint density at radius 3 is 1.18 bits per heavy atom. The third-order valence-corrected chi connectivity index (χ3v) is 18.5. The summed E-state index contributed by atoms with van der Waals surface area (Å²) >= 11 is 5.53. The molecule has 0 aliphatic carbocycles. The molecule has 8 N–H and O–H groups in total. The Hall–Kier alpha value is -9.80. The first-order valence-electron chi connectivity index (χ1n) is 35.0. The summed E-state index contributed by atoms with van der Waals surface area (Å²) in [5.74, 6) is -0.889. The molecule has 0 spiro atoms. The van der Waals surface area contributed by atoms with E-state index in [0.717, 1.165) is 55.0 Å². The summed E-state index contributed by atoms with van der Waals surface area (Å²) < 4.78 is 101. The van der Waals surface area contributed by atoms with Gasteiger partial charge in [0.1, 0.15) is 71.3 Å². The van der Waals surface area contributed by atoms with Gasteiger partial charge in [0.25, 0.3) is 0 Å². The number of carboxylic acids is 1. The van der Waals surface area contributed by atoms with E-state index in [0.29, 0.717) is 92.7 Å². The SMILES string of the molecule is C.C.CCOC(=O)Cc1ccccc1OCc1cc(-c2cccc([C@@H](C)N)c2F)c2occc2c1.CCOC(=O)Cc1ccccc1OCc1cc(B2OC(C)(C)C(C)(C)O2)c2occc2c1.C[C@@H](N)c1cccc(-c2cc(COc3ccccc3CC(=O)O)cc3ccoc23)c1F.C[C@@H](N)c1cccc(Cl)c1F.Cl.[Li+].[OH-]. The Morgan fingerprint density at radius 1 is 0.473 bits per heavy atom. The third-order valence-electron chi connectivity index (χ3n) is 18.2. The van der Waals surface area contributed by atoms with E-state index in [4.69, 9.17) is 80.2 Å². The average molecular weight is 1570 g/mol. The van der Waals surface area contributed by atoms with Gasteiger partial charge in [0, 0.05) is 95.4 Å². The first-order chi connectivity index (χ1) is 51.2. The van der Waals surface area contributed by atoms with Crippen LogP contribution in [0.15, 0.2) is 214 Å². The summed E-state index contributed by atoms with van der Waals surface area (Å²) in [5.41, 5.74) is 27.4. The number of rotatable bonds is 23. The Bertz CT molecular complexity index is 5090. The molecule has 0 amide bonds. The van der Waals surface area contributed by atoms with Crippen molar-refractivity contribution >= 4 is 87.4 Å². The van der Waals surface area contributed by atoms with E-state index in [1.807, 2.05) is 131 Å². The van der Waals surface area contributed by atoms with Crippen LogP contribution in [0, 0.1) is 17.5 Å². The summed E-state index contributed by atoms with van der Waals surface area (Å²) in [5, 5.41) is 11.9. The van der Waals surface area contributed by atoms with Crippen LogP contribution in [0.5, 0.6) is 17.2 Å². The van der Waals surface area contributed by atoms with Crippen molar-refractivity contribution in [2.45, 2.75) is 146 Å². The van der Waals surface area contributed by atoms with E-state index in [1.54, 1.807) is 126 Å². The van der Waals surface area contributed by atoms with Gasteiger partial charge in [-0.2, -0.15) is 0 Å². The van der Waals surface area contributed by atoms with Crippen molar-refractivity contribution in [3.05, 3.63) is 273 Å². The Balaban J connectivity index is 0.000000275. The van der Waals surface area contributed by atoms with Crippen LogP contribution in [-0.2, 0) is 72.2 Å². The molecule has 0 unspecified atom stereocenters. The first-order valence-corrected chi connectivity index (χ1v) is 35.4. The zero-order valence-electron chi connectivity index (χ0n) is 62.9. The number of benzene rings is 9. The van der Waals surface area contributed by atoms with Gasteiger partial charge in [-0.3, -0.25) is 14.4 Å². The summed E-state index contributed by atoms with van der Waals surface area (Å²) in [7, 11) is -0.537. The van der Waals surface area contributed by atoms with Gasteiger partial charge in [-0.15, -0.1) is 12.4 Å². The molecule has 12 aromatic rings. The van der Waals surface area contributed by atoms with Crippen LogP contribution in [-0.4, -0.2) is 60.0 Å². The number of halogens is 5. The number of fused-ring (bicyclic) bond motifs is 3. The molecule has 25 heteroatoms. The molecule has 1 aliphatic rings. The smallest absolute Gasteiger partial charge is 0.870 e. The zero-order valence-corrected chi connectivity index (χ0v) is 64.4. The van der Waals surface area contributed by atoms with E-state index in [2.05, 4.69) is 0 Å². The molecule has 9 aromatic carbocycles. The second-order valence-electron chi connectivity index (χ2n) is 26.7. The molecule has 1 fully saturated rings. The van der Waals surface area contributed by atoms with Crippen molar-refractivity contribution in [1.82, 2.24) is 0 Å². The van der Waals surface area contributed by atoms with E-state index < -0.39 is 42.2 Å². The van der Waals surface area contributed by atoms with Gasteiger partial charge in [-0.25, -0.2) is 13.2 Å². The molecule has 1 aliphatic heterocycles. The molecular weight excluding hydrogens is 1470 g/mol. The molecular formula is C87H96BCl2F3LiN3O15. The second kappa shape index (κ2) is 42.2. The number of ether oxygens (including phenoxy) is 5. The van der Waals surface area contributed by atoms with E-state index in [9.17, 15) is 18.8 Å². The predicted molar refractivity (Wildman–Crippen MR) is 431 cm³/mol. The Labute approximate surface area is 675 Å². The number of carboxylic acid groups (broad SMARTS) is 1. The van der Waals surface area contributed by atoms with E-state index >= 15 is 8.78 Å². The molecule has 3 atom stereocenters. The van der Waals surface area contributed by atoms with Crippen molar-refractivity contribution in [1.29, 1.82) is 0 Å². The van der Waals surface area contributed by atoms with Gasteiger partial charge in [0.05, 0.1) is 67.5 Å². The quantitative estimate of drug-likeness (QED) is 0.0342. The van der Waals surface area contributed by atoms with Crippen LogP contribution in [0.25, 0.3) is 55.2 Å². The molecule has 0 radical (unpaired) electrons. The van der Waals surface area contributed by atoms with Gasteiger partial charge < -0.3 is 74.0 Å². The monoisotopic (exact) mass is 1570 g/mol. The number of nitrogens with two attached hydrogens (primary N) is 3. The molecule has 4 heterocycles. The predicted octanol–water partition coefficient (Wildman–Crippen LogP) is 16.8.